The van der Waals surface area contributed by atoms with Crippen molar-refractivity contribution in [2.45, 2.75) is 18.9 Å². The van der Waals surface area contributed by atoms with Crippen LogP contribution >= 0.6 is 0 Å². The Morgan fingerprint density at radius 1 is 1.14 bits per heavy atom. The van der Waals surface area contributed by atoms with Gasteiger partial charge in [0, 0.05) is 7.11 Å². The number of aromatic hydroxyl groups is 1. The van der Waals surface area contributed by atoms with Crippen LogP contribution in [0.5, 0.6) is 5.75 Å². The van der Waals surface area contributed by atoms with Crippen LogP contribution in [-0.2, 0) is 4.74 Å². The molecule has 0 aliphatic heterocycles. The van der Waals surface area contributed by atoms with Crippen molar-refractivity contribution in [3.05, 3.63) is 89.5 Å². The maximum atomic E-state index is 10.7. The molecule has 2 rings (SSSR count). The molecule has 0 saturated carbocycles. The second-order valence-electron chi connectivity index (χ2n) is 6.56. The van der Waals surface area contributed by atoms with E-state index in [1.165, 1.54) is 0 Å². The van der Waals surface area contributed by atoms with Crippen molar-refractivity contribution in [1.82, 2.24) is 0 Å². The van der Waals surface area contributed by atoms with E-state index in [9.17, 15) is 15.3 Å². The average molecular weight is 380 g/mol. The molecule has 3 N–H and O–H groups in total. The van der Waals surface area contributed by atoms with E-state index in [0.717, 1.165) is 16.7 Å². The van der Waals surface area contributed by atoms with Gasteiger partial charge in [-0.15, -0.1) is 0 Å². The summed E-state index contributed by atoms with van der Waals surface area (Å²) in [6.07, 6.45) is 3.91. The summed E-state index contributed by atoms with van der Waals surface area (Å²) in [5, 5.41) is 29.7. The third-order valence-electron chi connectivity index (χ3n) is 4.44. The first kappa shape index (κ1) is 21.6. The topological polar surface area (TPSA) is 69.9 Å². The van der Waals surface area contributed by atoms with Crippen molar-refractivity contribution in [3.8, 4) is 5.75 Å². The van der Waals surface area contributed by atoms with E-state index in [1.54, 1.807) is 31.4 Å². The van der Waals surface area contributed by atoms with Crippen LogP contribution in [0.25, 0.3) is 11.6 Å². The van der Waals surface area contributed by atoms with Crippen molar-refractivity contribution in [2.75, 3.05) is 20.3 Å². The smallest absolute Gasteiger partial charge is 0.116 e. The Morgan fingerprint density at radius 3 is 2.54 bits per heavy atom. The molecular formula is C24H28O4. The van der Waals surface area contributed by atoms with Gasteiger partial charge in [-0.3, -0.25) is 0 Å². The summed E-state index contributed by atoms with van der Waals surface area (Å²) in [5.41, 5.74) is 4.26. The monoisotopic (exact) mass is 380 g/mol. The molecular weight excluding hydrogens is 352 g/mol. The molecule has 0 aliphatic carbocycles. The van der Waals surface area contributed by atoms with Crippen molar-refractivity contribution in [1.29, 1.82) is 0 Å². The number of aliphatic hydroxyl groups is 2. The molecule has 0 aliphatic rings. The van der Waals surface area contributed by atoms with Crippen LogP contribution in [0.1, 0.15) is 24.0 Å². The van der Waals surface area contributed by atoms with Gasteiger partial charge in [0.1, 0.15) is 5.75 Å². The quantitative estimate of drug-likeness (QED) is 0.427. The molecule has 0 bridgehead atoms. The second kappa shape index (κ2) is 11.2. The molecule has 0 fully saturated rings. The van der Waals surface area contributed by atoms with Crippen molar-refractivity contribution in [3.63, 3.8) is 0 Å². The molecule has 4 heteroatoms. The predicted octanol–water partition coefficient (Wildman–Crippen LogP) is 4.20. The summed E-state index contributed by atoms with van der Waals surface area (Å²) in [4.78, 5) is 0. The number of phenolic OH excluding ortho intramolecular Hbond substituents is 1. The number of methoxy groups -OCH3 is 1. The predicted molar refractivity (Wildman–Crippen MR) is 114 cm³/mol. The number of phenols is 1. The van der Waals surface area contributed by atoms with Gasteiger partial charge in [-0.1, -0.05) is 61.2 Å². The summed E-state index contributed by atoms with van der Waals surface area (Å²) < 4.78 is 5.10. The molecule has 0 aromatic heterocycles. The fraction of sp³-hybridized carbons (Fsp3) is 0.250. The van der Waals surface area contributed by atoms with Crippen LogP contribution in [0, 0.1) is 0 Å². The average Bonchev–Trinajstić information content (AvgIpc) is 2.70. The molecule has 0 heterocycles. The van der Waals surface area contributed by atoms with Crippen molar-refractivity contribution in [2.24, 2.45) is 0 Å². The van der Waals surface area contributed by atoms with Gasteiger partial charge in [0.05, 0.1) is 19.3 Å². The van der Waals surface area contributed by atoms with Crippen molar-refractivity contribution < 1.29 is 20.1 Å². The number of ether oxygens (including phenoxy) is 1. The van der Waals surface area contributed by atoms with E-state index >= 15 is 0 Å². The Kier molecular flexibility index (Phi) is 8.69. The maximum absolute atomic E-state index is 10.7. The Morgan fingerprint density at radius 2 is 1.89 bits per heavy atom. The van der Waals surface area contributed by atoms with Gasteiger partial charge >= 0.3 is 0 Å². The molecule has 1 unspecified atom stereocenters. The van der Waals surface area contributed by atoms with Gasteiger partial charge in [-0.25, -0.2) is 0 Å². The number of hydrogen-bond acceptors (Lipinski definition) is 4. The maximum Gasteiger partial charge on any atom is 0.116 e. The largest absolute Gasteiger partial charge is 0.508 e. The number of aliphatic hydroxyl groups excluding tert-OH is 2. The van der Waals surface area contributed by atoms with Crippen LogP contribution in [0.4, 0.5) is 0 Å². The van der Waals surface area contributed by atoms with Gasteiger partial charge in [-0.05, 0) is 52.8 Å². The van der Waals surface area contributed by atoms with E-state index < -0.39 is 6.10 Å². The molecule has 148 valence electrons. The number of benzene rings is 2. The zero-order valence-electron chi connectivity index (χ0n) is 16.2. The highest BCUT2D eigenvalue weighted by atomic mass is 16.5. The first-order valence-electron chi connectivity index (χ1n) is 9.26. The highest BCUT2D eigenvalue weighted by Gasteiger charge is 2.15. The van der Waals surface area contributed by atoms with Crippen molar-refractivity contribution >= 4 is 11.6 Å². The van der Waals surface area contributed by atoms with Crippen LogP contribution in [0.15, 0.2) is 78.4 Å². The Hall–Kier alpha value is -2.66. The Bertz CT molecular complexity index is 822. The zero-order valence-corrected chi connectivity index (χ0v) is 16.2. The molecule has 0 radical (unpaired) electrons. The zero-order chi connectivity index (χ0) is 20.4. The van der Waals surface area contributed by atoms with Crippen LogP contribution in [0.3, 0.4) is 0 Å². The third-order valence-corrected chi connectivity index (χ3v) is 4.44. The summed E-state index contributed by atoms with van der Waals surface area (Å²) in [6.45, 7) is 4.07. The Balaban J connectivity index is 2.23. The lowest BCUT2D eigenvalue weighted by Crippen LogP contribution is -2.15. The van der Waals surface area contributed by atoms with Crippen LogP contribution < -0.4 is 0 Å². The molecule has 2 aromatic carbocycles. The Labute approximate surface area is 166 Å². The van der Waals surface area contributed by atoms with Crippen LogP contribution in [0.2, 0.25) is 0 Å². The minimum Gasteiger partial charge on any atom is -0.508 e. The van der Waals surface area contributed by atoms with E-state index in [0.29, 0.717) is 30.6 Å². The lowest BCUT2D eigenvalue weighted by atomic mass is 9.93. The molecule has 0 amide bonds. The molecule has 1 atom stereocenters. The van der Waals surface area contributed by atoms with Gasteiger partial charge in [0.15, 0.2) is 0 Å². The van der Waals surface area contributed by atoms with Gasteiger partial charge in [0.25, 0.3) is 0 Å². The van der Waals surface area contributed by atoms with Gasteiger partial charge < -0.3 is 20.1 Å². The first-order chi connectivity index (χ1) is 13.5. The third kappa shape index (κ3) is 6.50. The van der Waals surface area contributed by atoms with E-state index in [2.05, 4.69) is 6.58 Å². The minimum atomic E-state index is -0.758. The number of allylic oxidation sites excluding steroid dienone is 1. The van der Waals surface area contributed by atoms with E-state index in [4.69, 9.17) is 4.74 Å². The van der Waals surface area contributed by atoms with Gasteiger partial charge in [0.2, 0.25) is 0 Å². The lowest BCUT2D eigenvalue weighted by Gasteiger charge is -2.18. The SMILES string of the molecule is C=C(COC)/C(=C/CO)C(O)CC/C(=C/c1cccc(O)c1)c1ccccc1. The molecule has 0 spiro atoms. The normalized spacial score (nSPS) is 13.4. The molecule has 4 nitrogen and oxygen atoms in total. The second-order valence-corrected chi connectivity index (χ2v) is 6.56. The van der Waals surface area contributed by atoms with E-state index in [-0.39, 0.29) is 12.4 Å². The minimum absolute atomic E-state index is 0.167. The highest BCUT2D eigenvalue weighted by molar-refractivity contribution is 5.81. The summed E-state index contributed by atoms with van der Waals surface area (Å²) in [7, 11) is 1.57. The number of hydrogen-bond donors (Lipinski definition) is 3. The highest BCUT2D eigenvalue weighted by Crippen LogP contribution is 2.27. The molecule has 2 aromatic rings. The van der Waals surface area contributed by atoms with Gasteiger partial charge in [-0.2, -0.15) is 0 Å². The fourth-order valence-corrected chi connectivity index (χ4v) is 3.09. The lowest BCUT2D eigenvalue weighted by molar-refractivity contribution is 0.191. The molecule has 28 heavy (non-hydrogen) atoms. The number of rotatable bonds is 10. The fourth-order valence-electron chi connectivity index (χ4n) is 3.09. The summed E-state index contributed by atoms with van der Waals surface area (Å²) in [6, 6.07) is 17.0. The molecule has 0 saturated heterocycles. The standard InChI is InChI=1S/C24H28O4/c1-18(17-28-2)23(13-14-25)24(27)12-11-21(20-8-4-3-5-9-20)15-19-7-6-10-22(26)16-19/h3-10,13,15-16,24-27H,1,11-12,14,17H2,2H3/b21-15-,23-13-. The van der Waals surface area contributed by atoms with Crippen LogP contribution in [-0.4, -0.2) is 41.7 Å². The van der Waals surface area contributed by atoms with E-state index in [1.807, 2.05) is 42.5 Å². The summed E-state index contributed by atoms with van der Waals surface area (Å²) >= 11 is 0. The summed E-state index contributed by atoms with van der Waals surface area (Å²) in [5.74, 6) is 0.213. The first-order valence-corrected chi connectivity index (χ1v) is 9.26.